The minimum atomic E-state index is -1.02. The smallest absolute Gasteiger partial charge is 0.225 e. The number of hydrogen-bond donors (Lipinski definition) is 3. The molecular weight excluding hydrogens is 498 g/mol. The minimum absolute atomic E-state index is 0.237. The Hall–Kier alpha value is -3.14. The van der Waals surface area contributed by atoms with Crippen molar-refractivity contribution in [3.63, 3.8) is 0 Å². The third-order valence-electron chi connectivity index (χ3n) is 6.68. The number of halogens is 3. The van der Waals surface area contributed by atoms with Gasteiger partial charge in [-0.1, -0.05) is 23.7 Å². The lowest BCUT2D eigenvalue weighted by Crippen LogP contribution is -2.32. The molecule has 2 aromatic heterocycles. The Morgan fingerprint density at radius 2 is 2.00 bits per heavy atom. The quantitative estimate of drug-likeness (QED) is 0.304. The van der Waals surface area contributed by atoms with Crippen molar-refractivity contribution in [1.82, 2.24) is 24.8 Å². The average Bonchev–Trinajstić information content (AvgIpc) is 3.22. The highest BCUT2D eigenvalue weighted by Crippen LogP contribution is 2.34. The van der Waals surface area contributed by atoms with Gasteiger partial charge in [0.15, 0.2) is 17.3 Å². The molecule has 0 unspecified atom stereocenters. The van der Waals surface area contributed by atoms with Crippen LogP contribution in [0.15, 0.2) is 42.6 Å². The van der Waals surface area contributed by atoms with Crippen molar-refractivity contribution >= 4 is 28.7 Å². The zero-order chi connectivity index (χ0) is 26.2. The Kier molecular flexibility index (Phi) is 7.11. The van der Waals surface area contributed by atoms with E-state index in [1.165, 1.54) is 6.07 Å². The van der Waals surface area contributed by atoms with E-state index >= 15 is 0 Å². The van der Waals surface area contributed by atoms with Gasteiger partial charge in [0.2, 0.25) is 5.95 Å². The number of nitrogens with zero attached hydrogens (tertiary/aromatic N) is 4. The summed E-state index contributed by atoms with van der Waals surface area (Å²) < 4.78 is 28.9. The molecule has 1 aliphatic heterocycles. The number of aromatic nitrogens is 4. The lowest BCUT2D eigenvalue weighted by Gasteiger charge is -2.24. The van der Waals surface area contributed by atoms with E-state index < -0.39 is 17.2 Å². The van der Waals surface area contributed by atoms with Gasteiger partial charge in [0.05, 0.1) is 16.8 Å². The SMILES string of the molecule is CC(C)(O)c1ccc(-c2nc3cnc(NCc4ccc(F)c(F)c4)nc3n2C[C@@H]2CCCNC2)c(Cl)c1. The van der Waals surface area contributed by atoms with Crippen LogP contribution < -0.4 is 10.6 Å². The standard InChI is InChI=1S/C27H29ClF2N6O/c1-27(2,37)18-6-7-19(20(28)11-18)24-34-23-14-33-26(32-13-16-5-8-21(29)22(30)10-16)35-25(23)36(24)15-17-4-3-9-31-12-17/h5-8,10-11,14,17,31,37H,3-4,9,12-13,15H2,1-2H3,(H,32,33,35)/t17-/m1/s1. The van der Waals surface area contributed by atoms with Gasteiger partial charge in [0.25, 0.3) is 0 Å². The number of nitrogens with one attached hydrogen (secondary N) is 2. The van der Waals surface area contributed by atoms with Crippen molar-refractivity contribution in [3.8, 4) is 11.4 Å². The molecule has 1 saturated heterocycles. The van der Waals surface area contributed by atoms with Crippen LogP contribution in [0.25, 0.3) is 22.6 Å². The van der Waals surface area contributed by atoms with Gasteiger partial charge in [-0.2, -0.15) is 4.98 Å². The molecular formula is C27H29ClF2N6O. The van der Waals surface area contributed by atoms with Crippen molar-refractivity contribution in [2.45, 2.75) is 45.4 Å². The Morgan fingerprint density at radius 3 is 2.70 bits per heavy atom. The number of fused-ring (bicyclic) bond motifs is 1. The van der Waals surface area contributed by atoms with Crippen LogP contribution in [0.1, 0.15) is 37.8 Å². The largest absolute Gasteiger partial charge is 0.386 e. The molecule has 5 rings (SSSR count). The highest BCUT2D eigenvalue weighted by atomic mass is 35.5. The van der Waals surface area contributed by atoms with Crippen LogP contribution in [0, 0.1) is 17.6 Å². The van der Waals surface area contributed by atoms with E-state index in [0.29, 0.717) is 51.5 Å². The fourth-order valence-corrected chi connectivity index (χ4v) is 4.89. The number of benzene rings is 2. The lowest BCUT2D eigenvalue weighted by molar-refractivity contribution is 0.0786. The second-order valence-corrected chi connectivity index (χ2v) is 10.4. The maximum Gasteiger partial charge on any atom is 0.225 e. The Balaban J connectivity index is 1.52. The Morgan fingerprint density at radius 1 is 1.16 bits per heavy atom. The third kappa shape index (κ3) is 5.58. The molecule has 194 valence electrons. The summed E-state index contributed by atoms with van der Waals surface area (Å²) in [5, 5.41) is 17.4. The van der Waals surface area contributed by atoms with E-state index in [4.69, 9.17) is 21.6 Å². The van der Waals surface area contributed by atoms with E-state index in [9.17, 15) is 13.9 Å². The van der Waals surface area contributed by atoms with Crippen molar-refractivity contribution in [2.24, 2.45) is 5.92 Å². The fourth-order valence-electron chi connectivity index (χ4n) is 4.63. The first kappa shape index (κ1) is 25.5. The summed E-state index contributed by atoms with van der Waals surface area (Å²) in [5.74, 6) is -0.348. The molecule has 0 amide bonds. The summed E-state index contributed by atoms with van der Waals surface area (Å²) in [6.45, 7) is 6.28. The van der Waals surface area contributed by atoms with E-state index in [2.05, 4.69) is 20.2 Å². The maximum absolute atomic E-state index is 13.6. The van der Waals surface area contributed by atoms with Crippen LogP contribution in [0.5, 0.6) is 0 Å². The van der Waals surface area contributed by atoms with Gasteiger partial charge in [-0.3, -0.25) is 0 Å². The second-order valence-electron chi connectivity index (χ2n) is 10.0. The molecule has 0 bridgehead atoms. The highest BCUT2D eigenvalue weighted by molar-refractivity contribution is 6.33. The van der Waals surface area contributed by atoms with E-state index in [-0.39, 0.29) is 6.54 Å². The first-order chi connectivity index (χ1) is 17.7. The minimum Gasteiger partial charge on any atom is -0.386 e. The Bertz CT molecular complexity index is 1430. The molecule has 1 aliphatic rings. The van der Waals surface area contributed by atoms with Gasteiger partial charge >= 0.3 is 0 Å². The topological polar surface area (TPSA) is 87.9 Å². The number of hydrogen-bond acceptors (Lipinski definition) is 6. The zero-order valence-electron chi connectivity index (χ0n) is 20.7. The number of anilines is 1. The molecule has 4 aromatic rings. The van der Waals surface area contributed by atoms with Gasteiger partial charge in [0, 0.05) is 18.7 Å². The lowest BCUT2D eigenvalue weighted by atomic mass is 9.97. The molecule has 1 atom stereocenters. The zero-order valence-corrected chi connectivity index (χ0v) is 21.5. The molecule has 2 aromatic carbocycles. The monoisotopic (exact) mass is 526 g/mol. The fraction of sp³-hybridized carbons (Fsp3) is 0.370. The summed E-state index contributed by atoms with van der Waals surface area (Å²) >= 11 is 6.70. The number of piperidine rings is 1. The van der Waals surface area contributed by atoms with Gasteiger partial charge in [-0.25, -0.2) is 18.7 Å². The maximum atomic E-state index is 13.6. The van der Waals surface area contributed by atoms with Crippen LogP contribution in [-0.4, -0.2) is 37.7 Å². The summed E-state index contributed by atoms with van der Waals surface area (Å²) in [6.07, 6.45) is 3.83. The molecule has 0 aliphatic carbocycles. The molecule has 10 heteroatoms. The molecule has 7 nitrogen and oxygen atoms in total. The first-order valence-electron chi connectivity index (χ1n) is 12.3. The van der Waals surface area contributed by atoms with Crippen molar-refractivity contribution in [3.05, 3.63) is 70.4 Å². The highest BCUT2D eigenvalue weighted by Gasteiger charge is 2.23. The van der Waals surface area contributed by atoms with Crippen LogP contribution in [0.2, 0.25) is 5.02 Å². The molecule has 3 heterocycles. The second kappa shape index (κ2) is 10.3. The predicted molar refractivity (Wildman–Crippen MR) is 140 cm³/mol. The number of imidazole rings is 1. The Labute approximate surface area is 218 Å². The van der Waals surface area contributed by atoms with Crippen LogP contribution in [-0.2, 0) is 18.7 Å². The normalized spacial score (nSPS) is 16.3. The first-order valence-corrected chi connectivity index (χ1v) is 12.7. The summed E-state index contributed by atoms with van der Waals surface area (Å²) in [7, 11) is 0. The molecule has 0 spiro atoms. The third-order valence-corrected chi connectivity index (χ3v) is 6.99. The molecule has 0 radical (unpaired) electrons. The molecule has 3 N–H and O–H groups in total. The van der Waals surface area contributed by atoms with E-state index in [1.54, 1.807) is 26.1 Å². The van der Waals surface area contributed by atoms with Crippen LogP contribution >= 0.6 is 11.6 Å². The molecule has 1 fully saturated rings. The number of aliphatic hydroxyl groups is 1. The van der Waals surface area contributed by atoms with Gasteiger partial charge < -0.3 is 20.3 Å². The van der Waals surface area contributed by atoms with Gasteiger partial charge in [0.1, 0.15) is 11.3 Å². The van der Waals surface area contributed by atoms with Crippen molar-refractivity contribution < 1.29 is 13.9 Å². The predicted octanol–water partition coefficient (Wildman–Crippen LogP) is 5.26. The van der Waals surface area contributed by atoms with Crippen molar-refractivity contribution in [1.29, 1.82) is 0 Å². The molecule has 0 saturated carbocycles. The van der Waals surface area contributed by atoms with Crippen molar-refractivity contribution in [2.75, 3.05) is 18.4 Å². The summed E-state index contributed by atoms with van der Waals surface area (Å²) in [6, 6.07) is 9.27. The molecule has 37 heavy (non-hydrogen) atoms. The summed E-state index contributed by atoms with van der Waals surface area (Å²) in [5.41, 5.74) is 2.29. The van der Waals surface area contributed by atoms with E-state index in [1.807, 2.05) is 12.1 Å². The van der Waals surface area contributed by atoms with Gasteiger partial charge in [-0.15, -0.1) is 0 Å². The van der Waals surface area contributed by atoms with Gasteiger partial charge in [-0.05, 0) is 81.1 Å². The van der Waals surface area contributed by atoms with Crippen LogP contribution in [0.4, 0.5) is 14.7 Å². The number of rotatable bonds is 7. The average molecular weight is 527 g/mol. The van der Waals surface area contributed by atoms with E-state index in [0.717, 1.165) is 43.6 Å². The summed E-state index contributed by atoms with van der Waals surface area (Å²) in [4.78, 5) is 14.0. The van der Waals surface area contributed by atoms with Crippen LogP contribution in [0.3, 0.4) is 0 Å².